The molecule has 0 radical (unpaired) electrons. The Balaban J connectivity index is 1.49. The summed E-state index contributed by atoms with van der Waals surface area (Å²) in [5.41, 5.74) is 0.995. The first-order valence-corrected chi connectivity index (χ1v) is 9.76. The first-order chi connectivity index (χ1) is 13.3. The van der Waals surface area contributed by atoms with E-state index in [0.29, 0.717) is 24.6 Å². The van der Waals surface area contributed by atoms with Crippen LogP contribution in [0.4, 0.5) is 0 Å². The van der Waals surface area contributed by atoms with Crippen molar-refractivity contribution < 1.29 is 14.3 Å². The number of carbonyl (C=O) groups excluding carboxylic acids is 1. The minimum Gasteiger partial charge on any atom is -0.485 e. The summed E-state index contributed by atoms with van der Waals surface area (Å²) in [5, 5.41) is 2.05. The molecular weight excluding hydrogens is 360 g/mol. The number of amides is 1. The number of para-hydroxylation sites is 2. The average Bonchev–Trinajstić information content (AvgIpc) is 3.24. The fraction of sp³-hybridized carbons (Fsp3) is 0.238. The van der Waals surface area contributed by atoms with E-state index in [-0.39, 0.29) is 12.5 Å². The van der Waals surface area contributed by atoms with Gasteiger partial charge in [0.2, 0.25) is 6.10 Å². The molecule has 1 aliphatic rings. The Morgan fingerprint density at radius 3 is 2.81 bits per heavy atom. The van der Waals surface area contributed by atoms with E-state index in [1.54, 1.807) is 23.7 Å². The zero-order chi connectivity index (χ0) is 18.5. The third kappa shape index (κ3) is 4.28. The van der Waals surface area contributed by atoms with Gasteiger partial charge in [0, 0.05) is 30.4 Å². The second-order valence-corrected chi connectivity index (χ2v) is 7.35. The minimum absolute atomic E-state index is 0.0649. The predicted molar refractivity (Wildman–Crippen MR) is 104 cm³/mol. The van der Waals surface area contributed by atoms with Gasteiger partial charge in [-0.25, -0.2) is 0 Å². The quantitative estimate of drug-likeness (QED) is 0.656. The largest absolute Gasteiger partial charge is 0.485 e. The van der Waals surface area contributed by atoms with Crippen LogP contribution < -0.4 is 9.47 Å². The topological polar surface area (TPSA) is 51.7 Å². The number of rotatable bonds is 6. The molecule has 0 unspecified atom stereocenters. The molecule has 1 aromatic carbocycles. The number of hydrogen-bond donors (Lipinski definition) is 0. The molecule has 1 aliphatic heterocycles. The molecule has 3 heterocycles. The highest BCUT2D eigenvalue weighted by molar-refractivity contribution is 7.09. The van der Waals surface area contributed by atoms with Crippen molar-refractivity contribution in [1.82, 2.24) is 9.88 Å². The molecular formula is C21H20N2O3S. The second-order valence-electron chi connectivity index (χ2n) is 6.31. The second kappa shape index (κ2) is 8.22. The highest BCUT2D eigenvalue weighted by Gasteiger charge is 2.31. The molecule has 5 nitrogen and oxygen atoms in total. The van der Waals surface area contributed by atoms with Gasteiger partial charge in [0.25, 0.3) is 5.91 Å². The van der Waals surface area contributed by atoms with Crippen LogP contribution in [0.3, 0.4) is 0 Å². The highest BCUT2D eigenvalue weighted by atomic mass is 32.1. The first-order valence-electron chi connectivity index (χ1n) is 8.88. The summed E-state index contributed by atoms with van der Waals surface area (Å²) in [4.78, 5) is 20.4. The molecule has 0 N–H and O–H groups in total. The number of pyridine rings is 1. The molecule has 0 aliphatic carbocycles. The maximum Gasteiger partial charge on any atom is 0.267 e. The predicted octanol–water partition coefficient (Wildman–Crippen LogP) is 3.55. The lowest BCUT2D eigenvalue weighted by molar-refractivity contribution is -0.141. The SMILES string of the molecule is O=C([C@H]1COc2ccccc2O1)N(CCc1cccs1)Cc1cccnc1. The number of fused-ring (bicyclic) bond motifs is 1. The molecule has 27 heavy (non-hydrogen) atoms. The molecule has 4 rings (SSSR count). The molecule has 0 fully saturated rings. The summed E-state index contributed by atoms with van der Waals surface area (Å²) in [6.07, 6.45) is 3.70. The molecule has 2 aromatic heterocycles. The van der Waals surface area contributed by atoms with Crippen LogP contribution in [0.25, 0.3) is 0 Å². The van der Waals surface area contributed by atoms with Crippen LogP contribution >= 0.6 is 11.3 Å². The number of ether oxygens (including phenoxy) is 2. The zero-order valence-electron chi connectivity index (χ0n) is 14.8. The number of carbonyl (C=O) groups is 1. The lowest BCUT2D eigenvalue weighted by Gasteiger charge is -2.30. The van der Waals surface area contributed by atoms with E-state index in [0.717, 1.165) is 12.0 Å². The summed E-state index contributed by atoms with van der Waals surface area (Å²) in [6, 6.07) is 15.4. The average molecular weight is 380 g/mol. The van der Waals surface area contributed by atoms with Gasteiger partial charge in [-0.2, -0.15) is 0 Å². The van der Waals surface area contributed by atoms with Crippen molar-refractivity contribution in [2.24, 2.45) is 0 Å². The van der Waals surface area contributed by atoms with E-state index < -0.39 is 6.10 Å². The number of hydrogen-bond acceptors (Lipinski definition) is 5. The molecule has 0 saturated carbocycles. The van der Waals surface area contributed by atoms with Crippen molar-refractivity contribution in [3.63, 3.8) is 0 Å². The monoisotopic (exact) mass is 380 g/mol. The van der Waals surface area contributed by atoms with Gasteiger partial charge in [-0.1, -0.05) is 24.3 Å². The molecule has 1 atom stereocenters. The first kappa shape index (κ1) is 17.5. The van der Waals surface area contributed by atoms with Crippen LogP contribution in [0.5, 0.6) is 11.5 Å². The van der Waals surface area contributed by atoms with E-state index in [1.807, 2.05) is 47.4 Å². The summed E-state index contributed by atoms with van der Waals surface area (Å²) < 4.78 is 11.6. The Hall–Kier alpha value is -2.86. The summed E-state index contributed by atoms with van der Waals surface area (Å²) in [7, 11) is 0. The van der Waals surface area contributed by atoms with Crippen LogP contribution in [0.2, 0.25) is 0 Å². The lowest BCUT2D eigenvalue weighted by Crippen LogP contribution is -2.46. The van der Waals surface area contributed by atoms with Crippen LogP contribution in [0, 0.1) is 0 Å². The van der Waals surface area contributed by atoms with Gasteiger partial charge >= 0.3 is 0 Å². The van der Waals surface area contributed by atoms with Crippen molar-refractivity contribution >= 4 is 17.2 Å². The van der Waals surface area contributed by atoms with Gasteiger partial charge in [-0.05, 0) is 41.6 Å². The van der Waals surface area contributed by atoms with Crippen molar-refractivity contribution in [3.8, 4) is 11.5 Å². The fourth-order valence-electron chi connectivity index (χ4n) is 3.02. The number of nitrogens with zero attached hydrogens (tertiary/aromatic N) is 2. The normalized spacial score (nSPS) is 15.3. The van der Waals surface area contributed by atoms with E-state index in [9.17, 15) is 4.79 Å². The van der Waals surface area contributed by atoms with Gasteiger partial charge in [-0.3, -0.25) is 9.78 Å². The van der Waals surface area contributed by atoms with Crippen molar-refractivity contribution in [2.75, 3.05) is 13.2 Å². The number of thiophene rings is 1. The van der Waals surface area contributed by atoms with E-state index >= 15 is 0 Å². The number of benzene rings is 1. The highest BCUT2D eigenvalue weighted by Crippen LogP contribution is 2.31. The van der Waals surface area contributed by atoms with Crippen molar-refractivity contribution in [2.45, 2.75) is 19.1 Å². The summed E-state index contributed by atoms with van der Waals surface area (Å²) >= 11 is 1.70. The van der Waals surface area contributed by atoms with Gasteiger partial charge < -0.3 is 14.4 Å². The maximum absolute atomic E-state index is 13.2. The Morgan fingerprint density at radius 1 is 1.15 bits per heavy atom. The molecule has 0 saturated heterocycles. The van der Waals surface area contributed by atoms with E-state index in [2.05, 4.69) is 16.4 Å². The van der Waals surface area contributed by atoms with Crippen LogP contribution in [0.1, 0.15) is 10.4 Å². The van der Waals surface area contributed by atoms with Gasteiger partial charge in [0.15, 0.2) is 11.5 Å². The maximum atomic E-state index is 13.2. The van der Waals surface area contributed by atoms with Crippen LogP contribution in [-0.2, 0) is 17.8 Å². The van der Waals surface area contributed by atoms with E-state index in [1.165, 1.54) is 4.88 Å². The summed E-state index contributed by atoms with van der Waals surface area (Å²) in [5.74, 6) is 1.23. The van der Waals surface area contributed by atoms with E-state index in [4.69, 9.17) is 9.47 Å². The molecule has 1 amide bonds. The Labute approximate surface area is 162 Å². The summed E-state index contributed by atoms with van der Waals surface area (Å²) in [6.45, 7) is 1.34. The minimum atomic E-state index is -0.639. The molecule has 6 heteroatoms. The van der Waals surface area contributed by atoms with Crippen molar-refractivity contribution in [1.29, 1.82) is 0 Å². The Bertz CT molecular complexity index is 883. The number of aromatic nitrogens is 1. The molecule has 0 bridgehead atoms. The van der Waals surface area contributed by atoms with Crippen LogP contribution in [0.15, 0.2) is 66.3 Å². The van der Waals surface area contributed by atoms with Gasteiger partial charge in [0.05, 0.1) is 0 Å². The van der Waals surface area contributed by atoms with Crippen molar-refractivity contribution in [3.05, 3.63) is 76.7 Å². The smallest absolute Gasteiger partial charge is 0.267 e. The van der Waals surface area contributed by atoms with Crippen LogP contribution in [-0.4, -0.2) is 35.0 Å². The lowest BCUT2D eigenvalue weighted by atomic mass is 10.2. The third-order valence-electron chi connectivity index (χ3n) is 4.40. The Morgan fingerprint density at radius 2 is 2.04 bits per heavy atom. The molecule has 138 valence electrons. The third-order valence-corrected chi connectivity index (χ3v) is 5.34. The molecule has 0 spiro atoms. The standard InChI is InChI=1S/C21H20N2O3S/c24-21(20-15-25-18-7-1-2-8-19(18)26-20)23(11-9-17-6-4-12-27-17)14-16-5-3-10-22-13-16/h1-8,10,12-13,20H,9,11,14-15H2/t20-/m1/s1. The Kier molecular flexibility index (Phi) is 5.34. The molecule has 3 aromatic rings. The zero-order valence-corrected chi connectivity index (χ0v) is 15.6. The van der Waals surface area contributed by atoms with Gasteiger partial charge in [-0.15, -0.1) is 11.3 Å². The fourth-order valence-corrected chi connectivity index (χ4v) is 3.72. The van der Waals surface area contributed by atoms with Gasteiger partial charge in [0.1, 0.15) is 6.61 Å².